The van der Waals surface area contributed by atoms with Crippen molar-refractivity contribution in [3.8, 4) is 0 Å². The fourth-order valence-electron chi connectivity index (χ4n) is 1.57. The van der Waals surface area contributed by atoms with Crippen molar-refractivity contribution in [3.05, 3.63) is 53.6 Å². The molecule has 6 nitrogen and oxygen atoms in total. The lowest BCUT2D eigenvalue weighted by Crippen LogP contribution is -2.23. The SMILES string of the molecule is Cn1cnc(C(=O)NCc2ccc(C(=O)O)cc2)c1. The first kappa shape index (κ1) is 12.8. The quantitative estimate of drug-likeness (QED) is 0.859. The number of rotatable bonds is 4. The molecular formula is C13H13N3O3. The molecule has 98 valence electrons. The summed E-state index contributed by atoms with van der Waals surface area (Å²) >= 11 is 0. The smallest absolute Gasteiger partial charge is 0.335 e. The van der Waals surface area contributed by atoms with Gasteiger partial charge in [0.1, 0.15) is 5.69 Å². The lowest BCUT2D eigenvalue weighted by molar-refractivity contribution is 0.0696. The van der Waals surface area contributed by atoms with Gasteiger partial charge in [0, 0.05) is 19.8 Å². The number of carbonyl (C=O) groups excluding carboxylic acids is 1. The van der Waals surface area contributed by atoms with Gasteiger partial charge >= 0.3 is 5.97 Å². The molecule has 0 aliphatic carbocycles. The molecule has 2 rings (SSSR count). The zero-order valence-corrected chi connectivity index (χ0v) is 10.3. The van der Waals surface area contributed by atoms with E-state index in [1.807, 2.05) is 0 Å². The molecule has 2 N–H and O–H groups in total. The van der Waals surface area contributed by atoms with Gasteiger partial charge in [0.25, 0.3) is 5.91 Å². The fraction of sp³-hybridized carbons (Fsp3) is 0.154. The standard InChI is InChI=1S/C13H13N3O3/c1-16-7-11(15-8-16)12(17)14-6-9-2-4-10(5-3-9)13(18)19/h2-5,7-8H,6H2,1H3,(H,14,17)(H,18,19). The van der Waals surface area contributed by atoms with E-state index in [-0.39, 0.29) is 11.5 Å². The van der Waals surface area contributed by atoms with Gasteiger partial charge in [-0.3, -0.25) is 4.79 Å². The highest BCUT2D eigenvalue weighted by molar-refractivity contribution is 5.92. The number of aromatic carboxylic acids is 1. The Kier molecular flexibility index (Phi) is 3.61. The number of nitrogens with one attached hydrogen (secondary N) is 1. The van der Waals surface area contributed by atoms with Gasteiger partial charge in [-0.1, -0.05) is 12.1 Å². The summed E-state index contributed by atoms with van der Waals surface area (Å²) in [6, 6.07) is 6.35. The Morgan fingerprint density at radius 3 is 2.53 bits per heavy atom. The van der Waals surface area contributed by atoms with Crippen LogP contribution in [-0.4, -0.2) is 26.5 Å². The normalized spacial score (nSPS) is 10.2. The van der Waals surface area contributed by atoms with Crippen molar-refractivity contribution >= 4 is 11.9 Å². The van der Waals surface area contributed by atoms with Gasteiger partial charge in [0.2, 0.25) is 0 Å². The first-order valence-electron chi connectivity index (χ1n) is 5.64. The maximum atomic E-state index is 11.7. The summed E-state index contributed by atoms with van der Waals surface area (Å²) in [6.45, 7) is 0.329. The number of benzene rings is 1. The van der Waals surface area contributed by atoms with Crippen LogP contribution >= 0.6 is 0 Å². The van der Waals surface area contributed by atoms with E-state index in [1.54, 1.807) is 36.3 Å². The molecule has 1 amide bonds. The van der Waals surface area contributed by atoms with Crippen LogP contribution in [0.3, 0.4) is 0 Å². The lowest BCUT2D eigenvalue weighted by atomic mass is 10.1. The molecule has 0 bridgehead atoms. The molecule has 0 aliphatic rings. The number of hydrogen-bond donors (Lipinski definition) is 2. The summed E-state index contributed by atoms with van der Waals surface area (Å²) in [4.78, 5) is 26.3. The number of hydrogen-bond acceptors (Lipinski definition) is 3. The molecule has 1 aromatic carbocycles. The molecule has 0 aliphatic heterocycles. The highest BCUT2D eigenvalue weighted by Gasteiger charge is 2.08. The third-order valence-electron chi connectivity index (χ3n) is 2.59. The largest absolute Gasteiger partial charge is 0.478 e. The Morgan fingerprint density at radius 1 is 1.32 bits per heavy atom. The number of aromatic nitrogens is 2. The number of carboxylic acids is 1. The minimum absolute atomic E-state index is 0.222. The van der Waals surface area contributed by atoms with Crippen LogP contribution in [-0.2, 0) is 13.6 Å². The molecular weight excluding hydrogens is 246 g/mol. The van der Waals surface area contributed by atoms with Crippen LogP contribution < -0.4 is 5.32 Å². The van der Waals surface area contributed by atoms with Gasteiger partial charge in [0.15, 0.2) is 0 Å². The Labute approximate surface area is 109 Å². The molecule has 0 saturated heterocycles. The van der Waals surface area contributed by atoms with Gasteiger partial charge in [-0.2, -0.15) is 0 Å². The zero-order valence-electron chi connectivity index (χ0n) is 10.3. The molecule has 19 heavy (non-hydrogen) atoms. The monoisotopic (exact) mass is 259 g/mol. The number of nitrogens with zero attached hydrogens (tertiary/aromatic N) is 2. The minimum Gasteiger partial charge on any atom is -0.478 e. The average Bonchev–Trinajstić information content (AvgIpc) is 2.83. The van der Waals surface area contributed by atoms with Crippen molar-refractivity contribution in [2.45, 2.75) is 6.54 Å². The highest BCUT2D eigenvalue weighted by Crippen LogP contribution is 2.04. The Morgan fingerprint density at radius 2 is 2.00 bits per heavy atom. The molecule has 0 spiro atoms. The maximum Gasteiger partial charge on any atom is 0.335 e. The van der Waals surface area contributed by atoms with Gasteiger partial charge < -0.3 is 15.0 Å². The Bertz CT molecular complexity index is 602. The number of imidazole rings is 1. The van der Waals surface area contributed by atoms with E-state index in [2.05, 4.69) is 10.3 Å². The van der Waals surface area contributed by atoms with Gasteiger partial charge in [-0.15, -0.1) is 0 Å². The minimum atomic E-state index is -0.968. The van der Waals surface area contributed by atoms with Crippen LogP contribution in [0.4, 0.5) is 0 Å². The summed E-state index contributed by atoms with van der Waals surface area (Å²) in [5.41, 5.74) is 1.40. The second-order valence-electron chi connectivity index (χ2n) is 4.11. The molecule has 0 fully saturated rings. The highest BCUT2D eigenvalue weighted by atomic mass is 16.4. The summed E-state index contributed by atoms with van der Waals surface area (Å²) < 4.78 is 1.69. The topological polar surface area (TPSA) is 84.2 Å². The fourth-order valence-corrected chi connectivity index (χ4v) is 1.57. The third kappa shape index (κ3) is 3.19. The Hall–Kier alpha value is -2.63. The lowest BCUT2D eigenvalue weighted by Gasteiger charge is -2.03. The van der Waals surface area contributed by atoms with Crippen LogP contribution in [0.1, 0.15) is 26.4 Å². The number of carboxylic acid groups (broad SMARTS) is 1. The van der Waals surface area contributed by atoms with Crippen molar-refractivity contribution in [3.63, 3.8) is 0 Å². The van der Waals surface area contributed by atoms with E-state index in [0.717, 1.165) is 5.56 Å². The molecule has 1 aromatic heterocycles. The maximum absolute atomic E-state index is 11.7. The predicted molar refractivity (Wildman–Crippen MR) is 67.8 cm³/mol. The van der Waals surface area contributed by atoms with Gasteiger partial charge in [-0.05, 0) is 17.7 Å². The van der Waals surface area contributed by atoms with E-state index < -0.39 is 5.97 Å². The predicted octanol–water partition coefficient (Wildman–Crippen LogP) is 1.05. The van der Waals surface area contributed by atoms with Crippen molar-refractivity contribution in [1.29, 1.82) is 0 Å². The van der Waals surface area contributed by atoms with Crippen molar-refractivity contribution in [2.24, 2.45) is 7.05 Å². The summed E-state index contributed by atoms with van der Waals surface area (Å²) in [7, 11) is 1.79. The molecule has 0 radical (unpaired) electrons. The molecule has 2 aromatic rings. The summed E-state index contributed by atoms with van der Waals surface area (Å²) in [5, 5.41) is 11.5. The first-order chi connectivity index (χ1) is 9.06. The van der Waals surface area contributed by atoms with Crippen LogP contribution in [0.5, 0.6) is 0 Å². The second-order valence-corrected chi connectivity index (χ2v) is 4.11. The molecule has 0 atom stereocenters. The zero-order chi connectivity index (χ0) is 13.8. The summed E-state index contributed by atoms with van der Waals surface area (Å²) in [5.74, 6) is -1.23. The number of aryl methyl sites for hydroxylation is 1. The van der Waals surface area contributed by atoms with Crippen molar-refractivity contribution in [1.82, 2.24) is 14.9 Å². The van der Waals surface area contributed by atoms with Crippen LogP contribution in [0.25, 0.3) is 0 Å². The van der Waals surface area contributed by atoms with Crippen LogP contribution in [0, 0.1) is 0 Å². The van der Waals surface area contributed by atoms with E-state index in [0.29, 0.717) is 12.2 Å². The first-order valence-corrected chi connectivity index (χ1v) is 5.64. The van der Waals surface area contributed by atoms with Crippen LogP contribution in [0.15, 0.2) is 36.8 Å². The van der Waals surface area contributed by atoms with E-state index in [4.69, 9.17) is 5.11 Å². The van der Waals surface area contributed by atoms with Gasteiger partial charge in [-0.25, -0.2) is 9.78 Å². The second kappa shape index (κ2) is 5.34. The third-order valence-corrected chi connectivity index (χ3v) is 2.59. The van der Waals surface area contributed by atoms with Gasteiger partial charge in [0.05, 0.1) is 11.9 Å². The van der Waals surface area contributed by atoms with Crippen molar-refractivity contribution in [2.75, 3.05) is 0 Å². The molecule has 6 heteroatoms. The summed E-state index contributed by atoms with van der Waals surface area (Å²) in [6.07, 6.45) is 3.18. The molecule has 1 heterocycles. The van der Waals surface area contributed by atoms with E-state index in [1.165, 1.54) is 12.1 Å². The molecule has 0 unspecified atom stereocenters. The van der Waals surface area contributed by atoms with Crippen molar-refractivity contribution < 1.29 is 14.7 Å². The number of amides is 1. The molecule has 0 saturated carbocycles. The van der Waals surface area contributed by atoms with E-state index in [9.17, 15) is 9.59 Å². The average molecular weight is 259 g/mol. The van der Waals surface area contributed by atoms with Crippen LogP contribution in [0.2, 0.25) is 0 Å². The number of carbonyl (C=O) groups is 2. The van der Waals surface area contributed by atoms with E-state index >= 15 is 0 Å². The Balaban J connectivity index is 1.95.